The van der Waals surface area contributed by atoms with Gasteiger partial charge in [-0.3, -0.25) is 0 Å². The fraction of sp³-hybridized carbons (Fsp3) is 0.600. The molecular weight excluding hydrogens is 291 g/mol. The van der Waals surface area contributed by atoms with Crippen molar-refractivity contribution in [1.82, 2.24) is 0 Å². The molecule has 0 aromatic heterocycles. The Bertz CT molecular complexity index is 339. The van der Waals surface area contributed by atoms with Crippen molar-refractivity contribution in [2.24, 2.45) is 0 Å². The van der Waals surface area contributed by atoms with Crippen LogP contribution in [0.15, 0.2) is 18.2 Å². The van der Waals surface area contributed by atoms with Crippen LogP contribution in [0.4, 0.5) is 0 Å². The molecule has 0 bridgehead atoms. The van der Waals surface area contributed by atoms with Crippen molar-refractivity contribution in [1.29, 1.82) is 0 Å². The third-order valence-electron chi connectivity index (χ3n) is 2.72. The van der Waals surface area contributed by atoms with Gasteiger partial charge in [0.2, 0.25) is 0 Å². The zero-order valence-electron chi connectivity index (χ0n) is 11.4. The van der Waals surface area contributed by atoms with Crippen LogP contribution in [-0.4, -0.2) is 26.7 Å². The molecule has 0 saturated carbocycles. The molecule has 2 nitrogen and oxygen atoms in total. The summed E-state index contributed by atoms with van der Waals surface area (Å²) < 4.78 is 5.39. The number of phenolic OH excluding ortho intramolecular Hbond substituents is 1. The van der Waals surface area contributed by atoms with Gasteiger partial charge in [0.25, 0.3) is 0 Å². The molecule has 0 spiro atoms. The molecule has 0 heterocycles. The molecule has 0 amide bonds. The van der Waals surface area contributed by atoms with Gasteiger partial charge in [-0.2, -0.15) is 0 Å². The van der Waals surface area contributed by atoms with Gasteiger partial charge in [0.05, 0.1) is 0 Å². The first-order valence-corrected chi connectivity index (χ1v) is 9.22. The number of aryl methyl sites for hydroxylation is 1. The van der Waals surface area contributed by atoms with Crippen molar-refractivity contribution >= 4 is 15.0 Å². The number of ether oxygens (including phenoxy) is 1. The summed E-state index contributed by atoms with van der Waals surface area (Å²) in [6.07, 6.45) is 5.04. The van der Waals surface area contributed by atoms with Crippen LogP contribution in [0.2, 0.25) is 10.6 Å². The van der Waals surface area contributed by atoms with E-state index in [1.165, 1.54) is 35.5 Å². The Labute approximate surface area is 117 Å². The van der Waals surface area contributed by atoms with Crippen LogP contribution in [0.5, 0.6) is 11.5 Å². The van der Waals surface area contributed by atoms with Gasteiger partial charge in [-0.25, -0.2) is 0 Å². The van der Waals surface area contributed by atoms with Gasteiger partial charge in [-0.1, -0.05) is 0 Å². The SMILES string of the molecule is CCCC[Se]CCCc1ccc(O)c(OCC)c1. The number of rotatable bonds is 9. The Morgan fingerprint density at radius 1 is 1.17 bits per heavy atom. The summed E-state index contributed by atoms with van der Waals surface area (Å²) >= 11 is 0.815. The quantitative estimate of drug-likeness (QED) is 0.550. The topological polar surface area (TPSA) is 29.5 Å². The third kappa shape index (κ3) is 5.79. The van der Waals surface area contributed by atoms with Crippen LogP contribution in [0, 0.1) is 0 Å². The summed E-state index contributed by atoms with van der Waals surface area (Å²) in [4.78, 5) is 0. The monoisotopic (exact) mass is 316 g/mol. The van der Waals surface area contributed by atoms with Crippen molar-refractivity contribution < 1.29 is 9.84 Å². The minimum absolute atomic E-state index is 0.243. The number of hydrogen-bond acceptors (Lipinski definition) is 2. The van der Waals surface area contributed by atoms with E-state index < -0.39 is 0 Å². The van der Waals surface area contributed by atoms with E-state index in [4.69, 9.17) is 4.74 Å². The Morgan fingerprint density at radius 3 is 2.67 bits per heavy atom. The predicted octanol–water partition coefficient (Wildman–Crippen LogP) is 4.06. The van der Waals surface area contributed by atoms with Crippen molar-refractivity contribution in [2.75, 3.05) is 6.61 Å². The van der Waals surface area contributed by atoms with Crippen LogP contribution in [-0.2, 0) is 6.42 Å². The van der Waals surface area contributed by atoms with Crippen LogP contribution < -0.4 is 4.74 Å². The molecule has 0 aliphatic rings. The second-order valence-corrected chi connectivity index (χ2v) is 6.87. The molecule has 0 fully saturated rings. The molecule has 0 unspecified atom stereocenters. The molecule has 102 valence electrons. The van der Waals surface area contributed by atoms with Crippen LogP contribution in [0.25, 0.3) is 0 Å². The molecule has 0 radical (unpaired) electrons. The Hall–Kier alpha value is -0.661. The van der Waals surface area contributed by atoms with E-state index in [9.17, 15) is 5.11 Å². The Balaban J connectivity index is 2.31. The number of unbranched alkanes of at least 4 members (excludes halogenated alkanes) is 1. The van der Waals surface area contributed by atoms with Crippen molar-refractivity contribution in [3.05, 3.63) is 23.8 Å². The van der Waals surface area contributed by atoms with E-state index in [2.05, 4.69) is 6.92 Å². The molecule has 1 rings (SSSR count). The second kappa shape index (κ2) is 9.29. The van der Waals surface area contributed by atoms with E-state index in [1.807, 2.05) is 19.1 Å². The predicted molar refractivity (Wildman–Crippen MR) is 77.9 cm³/mol. The van der Waals surface area contributed by atoms with E-state index in [-0.39, 0.29) is 5.75 Å². The average Bonchev–Trinajstić information content (AvgIpc) is 2.37. The number of benzene rings is 1. The number of phenols is 1. The normalized spacial score (nSPS) is 10.6. The molecular formula is C15H24O2Se. The van der Waals surface area contributed by atoms with E-state index >= 15 is 0 Å². The molecule has 1 aromatic rings. The van der Waals surface area contributed by atoms with Gasteiger partial charge in [-0.15, -0.1) is 0 Å². The van der Waals surface area contributed by atoms with Crippen molar-refractivity contribution in [3.63, 3.8) is 0 Å². The summed E-state index contributed by atoms with van der Waals surface area (Å²) in [7, 11) is 0. The van der Waals surface area contributed by atoms with Crippen LogP contribution in [0.1, 0.15) is 38.7 Å². The van der Waals surface area contributed by atoms with Crippen LogP contribution >= 0.6 is 0 Å². The van der Waals surface area contributed by atoms with Gasteiger partial charge in [0.1, 0.15) is 0 Å². The summed E-state index contributed by atoms with van der Waals surface area (Å²) in [6, 6.07) is 5.71. The van der Waals surface area contributed by atoms with Gasteiger partial charge in [0.15, 0.2) is 0 Å². The van der Waals surface area contributed by atoms with Gasteiger partial charge < -0.3 is 0 Å². The van der Waals surface area contributed by atoms with Crippen molar-refractivity contribution in [3.8, 4) is 11.5 Å². The maximum atomic E-state index is 9.61. The molecule has 1 N–H and O–H groups in total. The number of hydrogen-bond donors (Lipinski definition) is 1. The first kappa shape index (κ1) is 15.4. The van der Waals surface area contributed by atoms with E-state index in [0.717, 1.165) is 21.4 Å². The zero-order chi connectivity index (χ0) is 13.2. The van der Waals surface area contributed by atoms with E-state index in [1.54, 1.807) is 6.07 Å². The fourth-order valence-corrected chi connectivity index (χ4v) is 3.91. The first-order valence-electron chi connectivity index (χ1n) is 6.80. The first-order chi connectivity index (χ1) is 8.77. The average molecular weight is 315 g/mol. The van der Waals surface area contributed by atoms with Gasteiger partial charge in [0, 0.05) is 0 Å². The van der Waals surface area contributed by atoms with Crippen molar-refractivity contribution in [2.45, 2.75) is 50.2 Å². The molecule has 0 saturated heterocycles. The molecule has 0 aliphatic heterocycles. The minimum atomic E-state index is 0.243. The van der Waals surface area contributed by atoms with Gasteiger partial charge in [-0.05, 0) is 0 Å². The zero-order valence-corrected chi connectivity index (χ0v) is 13.2. The Morgan fingerprint density at radius 2 is 1.94 bits per heavy atom. The molecule has 1 aromatic carbocycles. The number of aromatic hydroxyl groups is 1. The summed E-state index contributed by atoms with van der Waals surface area (Å²) in [5.74, 6) is 0.860. The fourth-order valence-electron chi connectivity index (χ4n) is 1.71. The summed E-state index contributed by atoms with van der Waals surface area (Å²) in [5.41, 5.74) is 1.27. The molecule has 3 heteroatoms. The third-order valence-corrected chi connectivity index (χ3v) is 5.14. The Kier molecular flexibility index (Phi) is 7.95. The summed E-state index contributed by atoms with van der Waals surface area (Å²) in [6.45, 7) is 4.78. The molecule has 0 atom stereocenters. The standard InChI is InChI=1S/C15H24O2Se/c1-3-5-10-18-11-6-7-13-8-9-14(16)15(12-13)17-4-2/h8-9,12,16H,3-7,10-11H2,1-2H3. The molecule has 18 heavy (non-hydrogen) atoms. The van der Waals surface area contributed by atoms with Gasteiger partial charge >= 0.3 is 117 Å². The maximum absolute atomic E-state index is 9.61. The summed E-state index contributed by atoms with van der Waals surface area (Å²) in [5, 5.41) is 12.4. The van der Waals surface area contributed by atoms with Crippen LogP contribution in [0.3, 0.4) is 0 Å². The van der Waals surface area contributed by atoms with E-state index in [0.29, 0.717) is 12.4 Å². The molecule has 0 aliphatic carbocycles. The second-order valence-electron chi connectivity index (χ2n) is 4.30.